The van der Waals surface area contributed by atoms with Crippen LogP contribution in [0.4, 0.5) is 0 Å². The number of hydrogen-bond acceptors (Lipinski definition) is 2. The van der Waals surface area contributed by atoms with Crippen LogP contribution in [0.2, 0.25) is 0 Å². The third-order valence-corrected chi connectivity index (χ3v) is 1.77. The Morgan fingerprint density at radius 1 is 1.55 bits per heavy atom. The first kappa shape index (κ1) is 8.01. The summed E-state index contributed by atoms with van der Waals surface area (Å²) in [4.78, 5) is 13.6. The normalized spacial score (nSPS) is 10.1. The predicted octanol–water partition coefficient (Wildman–Crippen LogP) is 0.484. The van der Waals surface area contributed by atoms with E-state index in [2.05, 4.69) is 4.98 Å². The molecule has 0 amide bonds. The highest BCUT2D eigenvalue weighted by molar-refractivity contribution is 5.23. The van der Waals surface area contributed by atoms with Crippen LogP contribution in [0.1, 0.15) is 16.8 Å². The molecule has 0 aliphatic carbocycles. The zero-order valence-electron chi connectivity index (χ0n) is 6.64. The third-order valence-electron chi connectivity index (χ3n) is 1.77. The average Bonchev–Trinajstić information content (AvgIpc) is 1.99. The van der Waals surface area contributed by atoms with Gasteiger partial charge in [0, 0.05) is 11.3 Å². The van der Waals surface area contributed by atoms with Gasteiger partial charge in [0.1, 0.15) is 0 Å². The minimum atomic E-state index is -0.117. The maximum atomic E-state index is 11.1. The summed E-state index contributed by atoms with van der Waals surface area (Å²) >= 11 is 0. The molecule has 2 N–H and O–H groups in total. The Kier molecular flexibility index (Phi) is 2.10. The summed E-state index contributed by atoms with van der Waals surface area (Å²) < 4.78 is 0. The summed E-state index contributed by atoms with van der Waals surface area (Å²) in [6.07, 6.45) is 0. The number of aromatic amines is 1. The van der Waals surface area contributed by atoms with Gasteiger partial charge in [0.15, 0.2) is 0 Å². The molecular formula is C8H11NO2. The standard InChI is InChI=1S/C8H11NO2/c1-5-3-7(4-10)9-8(11)6(5)2/h3,10H,4H2,1-2H3,(H,9,11). The molecule has 1 aromatic rings. The number of aromatic nitrogens is 1. The monoisotopic (exact) mass is 153 g/mol. The molecule has 0 unspecified atom stereocenters. The molecule has 0 saturated carbocycles. The van der Waals surface area contributed by atoms with Gasteiger partial charge in [0.2, 0.25) is 0 Å². The van der Waals surface area contributed by atoms with Crippen LogP contribution in [-0.4, -0.2) is 10.1 Å². The SMILES string of the molecule is Cc1cc(CO)[nH]c(=O)c1C. The Labute approximate surface area is 64.7 Å². The fourth-order valence-corrected chi connectivity index (χ4v) is 0.910. The second kappa shape index (κ2) is 2.88. The van der Waals surface area contributed by atoms with Crippen LogP contribution >= 0.6 is 0 Å². The molecule has 1 aromatic heterocycles. The number of nitrogens with one attached hydrogen (secondary N) is 1. The molecule has 0 spiro atoms. The van der Waals surface area contributed by atoms with E-state index < -0.39 is 0 Å². The Morgan fingerprint density at radius 3 is 2.64 bits per heavy atom. The van der Waals surface area contributed by atoms with Gasteiger partial charge in [-0.1, -0.05) is 0 Å². The lowest BCUT2D eigenvalue weighted by Gasteiger charge is -2.00. The van der Waals surface area contributed by atoms with Crippen molar-refractivity contribution < 1.29 is 5.11 Å². The molecule has 0 aromatic carbocycles. The van der Waals surface area contributed by atoms with Crippen molar-refractivity contribution in [3.8, 4) is 0 Å². The molecule has 3 nitrogen and oxygen atoms in total. The number of pyridine rings is 1. The van der Waals surface area contributed by atoms with Crippen LogP contribution in [-0.2, 0) is 6.61 Å². The average molecular weight is 153 g/mol. The van der Waals surface area contributed by atoms with Gasteiger partial charge in [-0.05, 0) is 25.5 Å². The van der Waals surface area contributed by atoms with E-state index in [-0.39, 0.29) is 12.2 Å². The molecule has 0 fully saturated rings. The van der Waals surface area contributed by atoms with E-state index in [9.17, 15) is 4.79 Å². The van der Waals surface area contributed by atoms with Gasteiger partial charge in [-0.25, -0.2) is 0 Å². The van der Waals surface area contributed by atoms with E-state index in [1.54, 1.807) is 13.0 Å². The highest BCUT2D eigenvalue weighted by atomic mass is 16.3. The van der Waals surface area contributed by atoms with Crippen molar-refractivity contribution in [2.75, 3.05) is 0 Å². The molecule has 1 heterocycles. The lowest BCUT2D eigenvalue weighted by molar-refractivity contribution is 0.276. The molecule has 0 aliphatic rings. The topological polar surface area (TPSA) is 53.1 Å². The maximum Gasteiger partial charge on any atom is 0.251 e. The summed E-state index contributed by atoms with van der Waals surface area (Å²) in [7, 11) is 0. The summed E-state index contributed by atoms with van der Waals surface area (Å²) in [5, 5.41) is 8.71. The van der Waals surface area contributed by atoms with E-state index in [1.807, 2.05) is 6.92 Å². The first-order chi connectivity index (χ1) is 5.15. The zero-order chi connectivity index (χ0) is 8.43. The van der Waals surface area contributed by atoms with Crippen molar-refractivity contribution in [3.05, 3.63) is 33.2 Å². The van der Waals surface area contributed by atoms with Crippen molar-refractivity contribution in [1.29, 1.82) is 0 Å². The van der Waals surface area contributed by atoms with Gasteiger partial charge in [0.25, 0.3) is 5.56 Å². The Bertz CT molecular complexity index is 314. The van der Waals surface area contributed by atoms with Crippen molar-refractivity contribution >= 4 is 0 Å². The molecule has 0 bridgehead atoms. The van der Waals surface area contributed by atoms with E-state index in [4.69, 9.17) is 5.11 Å². The largest absolute Gasteiger partial charge is 0.390 e. The first-order valence-corrected chi connectivity index (χ1v) is 3.45. The number of rotatable bonds is 1. The predicted molar refractivity (Wildman–Crippen MR) is 42.5 cm³/mol. The van der Waals surface area contributed by atoms with Gasteiger partial charge < -0.3 is 10.1 Å². The highest BCUT2D eigenvalue weighted by Gasteiger charge is 1.99. The number of aliphatic hydroxyl groups is 1. The van der Waals surface area contributed by atoms with Crippen molar-refractivity contribution in [2.24, 2.45) is 0 Å². The second-order valence-corrected chi connectivity index (χ2v) is 2.59. The summed E-state index contributed by atoms with van der Waals surface area (Å²) in [6.45, 7) is 3.50. The van der Waals surface area contributed by atoms with E-state index in [0.29, 0.717) is 11.3 Å². The summed E-state index contributed by atoms with van der Waals surface area (Å²) in [5.74, 6) is 0. The number of H-pyrrole nitrogens is 1. The van der Waals surface area contributed by atoms with E-state index in [1.165, 1.54) is 0 Å². The number of aryl methyl sites for hydroxylation is 1. The van der Waals surface area contributed by atoms with Gasteiger partial charge in [-0.15, -0.1) is 0 Å². The molecular weight excluding hydrogens is 142 g/mol. The van der Waals surface area contributed by atoms with Gasteiger partial charge in [-0.3, -0.25) is 4.79 Å². The molecule has 0 saturated heterocycles. The molecule has 11 heavy (non-hydrogen) atoms. The smallest absolute Gasteiger partial charge is 0.251 e. The Hall–Kier alpha value is -1.09. The molecule has 0 radical (unpaired) electrons. The molecule has 1 rings (SSSR count). The van der Waals surface area contributed by atoms with Gasteiger partial charge in [0.05, 0.1) is 6.61 Å². The fourth-order valence-electron chi connectivity index (χ4n) is 0.910. The molecule has 3 heteroatoms. The lowest BCUT2D eigenvalue weighted by atomic mass is 10.1. The zero-order valence-corrected chi connectivity index (χ0v) is 6.64. The Morgan fingerprint density at radius 2 is 2.18 bits per heavy atom. The van der Waals surface area contributed by atoms with Crippen LogP contribution in [0.25, 0.3) is 0 Å². The van der Waals surface area contributed by atoms with Crippen molar-refractivity contribution in [2.45, 2.75) is 20.5 Å². The van der Waals surface area contributed by atoms with Crippen LogP contribution in [0.15, 0.2) is 10.9 Å². The molecule has 0 aliphatic heterocycles. The van der Waals surface area contributed by atoms with Crippen LogP contribution in [0.3, 0.4) is 0 Å². The molecule has 0 atom stereocenters. The fraction of sp³-hybridized carbons (Fsp3) is 0.375. The van der Waals surface area contributed by atoms with Gasteiger partial charge in [-0.2, -0.15) is 0 Å². The van der Waals surface area contributed by atoms with Gasteiger partial charge >= 0.3 is 0 Å². The minimum absolute atomic E-state index is 0.115. The quantitative estimate of drug-likeness (QED) is 0.616. The summed E-state index contributed by atoms with van der Waals surface area (Å²) in [5.41, 5.74) is 2.08. The highest BCUT2D eigenvalue weighted by Crippen LogP contribution is 2.01. The van der Waals surface area contributed by atoms with Crippen molar-refractivity contribution in [1.82, 2.24) is 4.98 Å². The van der Waals surface area contributed by atoms with E-state index in [0.717, 1.165) is 5.56 Å². The number of hydrogen-bond donors (Lipinski definition) is 2. The molecule has 60 valence electrons. The summed E-state index contributed by atoms with van der Waals surface area (Å²) in [6, 6.07) is 1.77. The first-order valence-electron chi connectivity index (χ1n) is 3.45. The lowest BCUT2D eigenvalue weighted by Crippen LogP contribution is -2.13. The second-order valence-electron chi connectivity index (χ2n) is 2.59. The number of aliphatic hydroxyl groups excluding tert-OH is 1. The van der Waals surface area contributed by atoms with Crippen LogP contribution in [0.5, 0.6) is 0 Å². The van der Waals surface area contributed by atoms with Crippen LogP contribution < -0.4 is 5.56 Å². The third kappa shape index (κ3) is 1.49. The van der Waals surface area contributed by atoms with Crippen LogP contribution in [0, 0.1) is 13.8 Å². The van der Waals surface area contributed by atoms with E-state index >= 15 is 0 Å². The maximum absolute atomic E-state index is 11.1. The van der Waals surface area contributed by atoms with Crippen molar-refractivity contribution in [3.63, 3.8) is 0 Å². The minimum Gasteiger partial charge on any atom is -0.390 e. The Balaban J connectivity index is 3.32.